The average molecular weight is 289 g/mol. The number of carbonyl (C=O) groups is 2. The summed E-state index contributed by atoms with van der Waals surface area (Å²) in [6.45, 7) is 0. The van der Waals surface area contributed by atoms with E-state index in [1.54, 1.807) is 35.7 Å². The van der Waals surface area contributed by atoms with Gasteiger partial charge in [0.2, 0.25) is 0 Å². The van der Waals surface area contributed by atoms with Gasteiger partial charge in [-0.15, -0.1) is 11.3 Å². The second kappa shape index (κ2) is 6.21. The number of amides is 2. The summed E-state index contributed by atoms with van der Waals surface area (Å²) in [5.74, 6) is -0.671. The van der Waals surface area contributed by atoms with Crippen LogP contribution in [0.4, 0.5) is 5.69 Å². The van der Waals surface area contributed by atoms with Gasteiger partial charge in [-0.3, -0.25) is 20.4 Å². The van der Waals surface area contributed by atoms with E-state index in [1.165, 1.54) is 11.3 Å². The molecule has 0 spiro atoms. The summed E-state index contributed by atoms with van der Waals surface area (Å²) in [7, 11) is 3.80. The van der Waals surface area contributed by atoms with E-state index in [0.717, 1.165) is 5.69 Å². The molecule has 0 atom stereocenters. The molecule has 104 valence electrons. The van der Waals surface area contributed by atoms with Crippen LogP contribution in [0, 0.1) is 0 Å². The Morgan fingerprint density at radius 2 is 1.80 bits per heavy atom. The monoisotopic (exact) mass is 289 g/mol. The van der Waals surface area contributed by atoms with Crippen molar-refractivity contribution >= 4 is 28.8 Å². The minimum absolute atomic E-state index is 0.322. The highest BCUT2D eigenvalue weighted by atomic mass is 32.1. The lowest BCUT2D eigenvalue weighted by atomic mass is 10.2. The normalized spacial score (nSPS) is 9.90. The van der Waals surface area contributed by atoms with Crippen molar-refractivity contribution in [2.24, 2.45) is 0 Å². The van der Waals surface area contributed by atoms with Crippen molar-refractivity contribution in [2.75, 3.05) is 19.0 Å². The third kappa shape index (κ3) is 3.36. The maximum atomic E-state index is 12.0. The number of hydrogen-bond donors (Lipinski definition) is 2. The number of benzene rings is 1. The second-order valence-corrected chi connectivity index (χ2v) is 5.28. The summed E-state index contributed by atoms with van der Waals surface area (Å²) in [6.07, 6.45) is 0. The fourth-order valence-electron chi connectivity index (χ4n) is 1.58. The molecular formula is C14H15N3O2S. The highest BCUT2D eigenvalue weighted by Crippen LogP contribution is 2.13. The maximum Gasteiger partial charge on any atom is 0.279 e. The third-order valence-corrected chi connectivity index (χ3v) is 3.53. The zero-order valence-electron chi connectivity index (χ0n) is 11.2. The van der Waals surface area contributed by atoms with Gasteiger partial charge >= 0.3 is 0 Å². The lowest BCUT2D eigenvalue weighted by molar-refractivity contribution is 0.0849. The first-order valence-corrected chi connectivity index (χ1v) is 6.87. The molecule has 0 saturated carbocycles. The van der Waals surface area contributed by atoms with Gasteiger partial charge in [0.15, 0.2) is 0 Å². The van der Waals surface area contributed by atoms with Crippen LogP contribution in [0.1, 0.15) is 20.0 Å². The van der Waals surface area contributed by atoms with Crippen LogP contribution in [0.3, 0.4) is 0 Å². The van der Waals surface area contributed by atoms with Crippen LogP contribution in [-0.2, 0) is 0 Å². The Morgan fingerprint density at radius 1 is 1.05 bits per heavy atom. The van der Waals surface area contributed by atoms with Gasteiger partial charge < -0.3 is 4.90 Å². The van der Waals surface area contributed by atoms with Gasteiger partial charge in [0.1, 0.15) is 0 Å². The van der Waals surface area contributed by atoms with E-state index in [2.05, 4.69) is 10.9 Å². The van der Waals surface area contributed by atoms with E-state index in [-0.39, 0.29) is 11.8 Å². The average Bonchev–Trinajstić information content (AvgIpc) is 2.98. The van der Waals surface area contributed by atoms with Gasteiger partial charge in [-0.25, -0.2) is 0 Å². The summed E-state index contributed by atoms with van der Waals surface area (Å²) < 4.78 is 0. The van der Waals surface area contributed by atoms with Crippen LogP contribution in [-0.4, -0.2) is 25.9 Å². The minimum Gasteiger partial charge on any atom is -0.378 e. The molecule has 2 rings (SSSR count). The molecule has 0 bridgehead atoms. The molecule has 0 saturated heterocycles. The Bertz CT molecular complexity index is 609. The quantitative estimate of drug-likeness (QED) is 0.848. The van der Waals surface area contributed by atoms with Crippen molar-refractivity contribution in [1.82, 2.24) is 10.9 Å². The van der Waals surface area contributed by atoms with Gasteiger partial charge in [0.05, 0.1) is 4.88 Å². The molecule has 2 aromatic rings. The molecule has 0 radical (unpaired) electrons. The fourth-order valence-corrected chi connectivity index (χ4v) is 2.20. The van der Waals surface area contributed by atoms with Crippen molar-refractivity contribution in [1.29, 1.82) is 0 Å². The first-order valence-electron chi connectivity index (χ1n) is 5.99. The molecule has 1 heterocycles. The number of rotatable bonds is 3. The topological polar surface area (TPSA) is 61.4 Å². The maximum absolute atomic E-state index is 12.0. The van der Waals surface area contributed by atoms with Gasteiger partial charge in [0, 0.05) is 25.3 Å². The van der Waals surface area contributed by atoms with Crippen molar-refractivity contribution < 1.29 is 9.59 Å². The van der Waals surface area contributed by atoms with E-state index in [9.17, 15) is 9.59 Å². The van der Waals surface area contributed by atoms with Gasteiger partial charge in [-0.2, -0.15) is 0 Å². The molecule has 5 nitrogen and oxygen atoms in total. The summed E-state index contributed by atoms with van der Waals surface area (Å²) in [6, 6.07) is 10.6. The smallest absolute Gasteiger partial charge is 0.279 e. The molecule has 0 fully saturated rings. The van der Waals surface area contributed by atoms with Crippen LogP contribution in [0.15, 0.2) is 41.8 Å². The van der Waals surface area contributed by atoms with Crippen LogP contribution >= 0.6 is 11.3 Å². The fraction of sp³-hybridized carbons (Fsp3) is 0.143. The van der Waals surface area contributed by atoms with Crippen LogP contribution in [0.25, 0.3) is 0 Å². The van der Waals surface area contributed by atoms with Crippen molar-refractivity contribution in [3.63, 3.8) is 0 Å². The van der Waals surface area contributed by atoms with Crippen molar-refractivity contribution in [3.8, 4) is 0 Å². The molecule has 2 amide bonds. The van der Waals surface area contributed by atoms with E-state index in [4.69, 9.17) is 0 Å². The lowest BCUT2D eigenvalue weighted by Crippen LogP contribution is -2.41. The third-order valence-electron chi connectivity index (χ3n) is 2.66. The Hall–Kier alpha value is -2.34. The number of hydrogen-bond acceptors (Lipinski definition) is 4. The Labute approximate surface area is 121 Å². The molecule has 6 heteroatoms. The minimum atomic E-state index is -0.349. The van der Waals surface area contributed by atoms with Crippen molar-refractivity contribution in [2.45, 2.75) is 0 Å². The highest BCUT2D eigenvalue weighted by molar-refractivity contribution is 7.12. The van der Waals surface area contributed by atoms with E-state index in [0.29, 0.717) is 10.4 Å². The zero-order chi connectivity index (χ0) is 14.5. The molecule has 1 aromatic heterocycles. The highest BCUT2D eigenvalue weighted by Gasteiger charge is 2.10. The summed E-state index contributed by atoms with van der Waals surface area (Å²) in [5.41, 5.74) is 6.20. The van der Waals surface area contributed by atoms with Gasteiger partial charge in [-0.05, 0) is 29.6 Å². The molecule has 0 aliphatic heterocycles. The van der Waals surface area contributed by atoms with Gasteiger partial charge in [0.25, 0.3) is 11.8 Å². The Kier molecular flexibility index (Phi) is 4.37. The van der Waals surface area contributed by atoms with Crippen LogP contribution < -0.4 is 15.8 Å². The van der Waals surface area contributed by atoms with E-state index in [1.807, 2.05) is 25.1 Å². The molecule has 2 N–H and O–H groups in total. The number of anilines is 1. The molecule has 1 aromatic carbocycles. The Morgan fingerprint density at radius 3 is 2.45 bits per heavy atom. The second-order valence-electron chi connectivity index (χ2n) is 4.33. The number of carbonyl (C=O) groups excluding carboxylic acids is 2. The van der Waals surface area contributed by atoms with E-state index >= 15 is 0 Å². The first kappa shape index (κ1) is 14.1. The predicted molar refractivity (Wildman–Crippen MR) is 80.0 cm³/mol. The number of hydrazine groups is 1. The number of nitrogens with one attached hydrogen (secondary N) is 2. The number of thiophene rings is 1. The lowest BCUT2D eigenvalue weighted by Gasteiger charge is -2.13. The first-order chi connectivity index (χ1) is 9.58. The zero-order valence-corrected chi connectivity index (χ0v) is 12.0. The van der Waals surface area contributed by atoms with Crippen LogP contribution in [0.5, 0.6) is 0 Å². The molecule has 0 aliphatic rings. The summed E-state index contributed by atoms with van der Waals surface area (Å²) in [5, 5.41) is 1.80. The summed E-state index contributed by atoms with van der Waals surface area (Å²) in [4.78, 5) is 26.1. The Balaban J connectivity index is 1.98. The standard InChI is InChI=1S/C14H15N3O2S/c1-17(2)11-6-3-5-10(9-11)13(18)15-16-14(19)12-7-4-8-20-12/h3-9H,1-2H3,(H,15,18)(H,16,19). The molecular weight excluding hydrogens is 274 g/mol. The molecule has 20 heavy (non-hydrogen) atoms. The predicted octanol–water partition coefficient (Wildman–Crippen LogP) is 1.89. The van der Waals surface area contributed by atoms with Crippen LogP contribution in [0.2, 0.25) is 0 Å². The van der Waals surface area contributed by atoms with Gasteiger partial charge in [-0.1, -0.05) is 12.1 Å². The molecule has 0 aliphatic carbocycles. The van der Waals surface area contributed by atoms with E-state index < -0.39 is 0 Å². The SMILES string of the molecule is CN(C)c1cccc(C(=O)NNC(=O)c2cccs2)c1. The molecule has 0 unspecified atom stereocenters. The van der Waals surface area contributed by atoms with Crippen molar-refractivity contribution in [3.05, 3.63) is 52.2 Å². The summed E-state index contributed by atoms with van der Waals surface area (Å²) >= 11 is 1.31. The largest absolute Gasteiger partial charge is 0.378 e. The number of nitrogens with zero attached hydrogens (tertiary/aromatic N) is 1.